The van der Waals surface area contributed by atoms with Gasteiger partial charge in [-0.1, -0.05) is 170 Å². The zero-order valence-electron chi connectivity index (χ0n) is 40.2. The van der Waals surface area contributed by atoms with E-state index in [0.717, 1.165) is 95.4 Å². The number of fused-ring (bicyclic) bond motifs is 3. The number of hydrogen-bond donors (Lipinski definition) is 0. The van der Waals surface area contributed by atoms with Crippen molar-refractivity contribution < 1.29 is 4.42 Å². The Labute approximate surface area is 421 Å². The molecule has 0 N–H and O–H groups in total. The van der Waals surface area contributed by atoms with Gasteiger partial charge in [-0.05, 0) is 156 Å². The van der Waals surface area contributed by atoms with Crippen molar-refractivity contribution >= 4 is 73.1 Å². The topological polar surface area (TPSA) is 22.9 Å². The molecule has 0 aliphatic heterocycles. The summed E-state index contributed by atoms with van der Waals surface area (Å²) < 4.78 is 6.55. The van der Waals surface area contributed by atoms with Crippen molar-refractivity contribution in [2.24, 2.45) is 0 Å². The predicted octanol–water partition coefficient (Wildman–Crippen LogP) is 19.6. The minimum atomic E-state index is 0.888. The Kier molecular flexibility index (Phi) is 11.7. The maximum absolute atomic E-state index is 6.55. The summed E-state index contributed by atoms with van der Waals surface area (Å²) in [5.74, 6) is 0. The van der Waals surface area contributed by atoms with Crippen molar-refractivity contribution in [2.75, 3.05) is 14.7 Å². The summed E-state index contributed by atoms with van der Waals surface area (Å²) in [5, 5.41) is 2.23. The Morgan fingerprint density at radius 2 is 0.639 bits per heavy atom. The van der Waals surface area contributed by atoms with Gasteiger partial charge in [0.2, 0.25) is 0 Å². The first-order valence-electron chi connectivity index (χ1n) is 24.6. The highest BCUT2D eigenvalue weighted by molar-refractivity contribution is 6.09. The molecule has 4 nitrogen and oxygen atoms in total. The molecular formula is C68H51N3O. The average molecular weight is 926 g/mol. The van der Waals surface area contributed by atoms with Crippen LogP contribution in [0.2, 0.25) is 0 Å². The number of furan rings is 1. The number of hydrogen-bond acceptors (Lipinski definition) is 4. The Morgan fingerprint density at radius 1 is 0.250 bits per heavy atom. The van der Waals surface area contributed by atoms with E-state index in [1.165, 1.54) is 22.3 Å². The van der Waals surface area contributed by atoms with Gasteiger partial charge in [0.05, 0.1) is 17.1 Å². The molecule has 12 rings (SSSR count). The lowest BCUT2D eigenvalue weighted by molar-refractivity contribution is 0.670. The first-order valence-corrected chi connectivity index (χ1v) is 24.6. The van der Waals surface area contributed by atoms with Gasteiger partial charge >= 0.3 is 0 Å². The van der Waals surface area contributed by atoms with Crippen molar-refractivity contribution in [3.05, 3.63) is 284 Å². The number of nitrogens with zero attached hydrogens (tertiary/aromatic N) is 3. The minimum absolute atomic E-state index is 0.888. The molecule has 0 amide bonds. The molecular weight excluding hydrogens is 875 g/mol. The Bertz CT molecular complexity index is 3720. The quantitative estimate of drug-likeness (QED) is 0.122. The van der Waals surface area contributed by atoms with Crippen LogP contribution in [0.4, 0.5) is 51.2 Å². The second-order valence-electron chi connectivity index (χ2n) is 18.4. The summed E-state index contributed by atoms with van der Waals surface area (Å²) in [6.07, 6.45) is 0. The standard InChI is InChI=1S/C68H51N3O/c1-48-18-14-28-59(42-48)70(55-24-8-4-9-25-55)62-45-61(46-63(47-62)71(56-26-10-5-11-27-56)60-29-15-19-49(2)43-60)69(57-38-34-51(35-39-57)54-23-16-22-53(44-54)50-20-6-3-7-21-50)58-40-36-52(37-41-58)64-31-17-32-66-65-30-12-13-33-67(65)72-68(64)66/h3-47H,1-2H3. The lowest BCUT2D eigenvalue weighted by atomic mass is 9.98. The molecule has 1 aromatic heterocycles. The normalized spacial score (nSPS) is 11.2. The third-order valence-corrected chi connectivity index (χ3v) is 13.5. The van der Waals surface area contributed by atoms with Crippen LogP contribution < -0.4 is 14.7 Å². The van der Waals surface area contributed by atoms with E-state index in [1.807, 2.05) is 12.1 Å². The van der Waals surface area contributed by atoms with E-state index in [4.69, 9.17) is 4.42 Å². The Balaban J connectivity index is 1.07. The van der Waals surface area contributed by atoms with Gasteiger partial charge in [-0.15, -0.1) is 0 Å². The van der Waals surface area contributed by atoms with E-state index in [1.54, 1.807) is 0 Å². The second-order valence-corrected chi connectivity index (χ2v) is 18.4. The molecule has 0 atom stereocenters. The van der Waals surface area contributed by atoms with Crippen LogP contribution in [0.15, 0.2) is 277 Å². The molecule has 1 heterocycles. The highest BCUT2D eigenvalue weighted by Gasteiger charge is 2.23. The summed E-state index contributed by atoms with van der Waals surface area (Å²) in [6.45, 7) is 4.32. The van der Waals surface area contributed by atoms with Gasteiger partial charge < -0.3 is 19.1 Å². The summed E-state index contributed by atoms with van der Waals surface area (Å²) in [5.41, 5.74) is 20.3. The first-order chi connectivity index (χ1) is 35.5. The second kappa shape index (κ2) is 19.2. The molecule has 0 spiro atoms. The molecule has 72 heavy (non-hydrogen) atoms. The van der Waals surface area contributed by atoms with Crippen molar-refractivity contribution in [3.63, 3.8) is 0 Å². The SMILES string of the molecule is Cc1cccc(N(c2ccccc2)c2cc(N(c3ccc(-c4cccc(-c5ccccc5)c4)cc3)c3ccc(-c4cccc5c4oc4ccccc45)cc3)cc(N(c3ccccc3)c3cccc(C)c3)c2)c1. The van der Waals surface area contributed by atoms with Crippen LogP contribution in [-0.2, 0) is 0 Å². The molecule has 344 valence electrons. The van der Waals surface area contributed by atoms with Gasteiger partial charge in [0.15, 0.2) is 0 Å². The van der Waals surface area contributed by atoms with Crippen LogP contribution in [-0.4, -0.2) is 0 Å². The fourth-order valence-electron chi connectivity index (χ4n) is 10.1. The van der Waals surface area contributed by atoms with Gasteiger partial charge in [-0.3, -0.25) is 0 Å². The predicted molar refractivity (Wildman–Crippen MR) is 304 cm³/mol. The maximum Gasteiger partial charge on any atom is 0.143 e. The molecule has 12 aromatic rings. The van der Waals surface area contributed by atoms with E-state index in [2.05, 4.69) is 289 Å². The van der Waals surface area contributed by atoms with Crippen LogP contribution in [0, 0.1) is 13.8 Å². The van der Waals surface area contributed by atoms with Gasteiger partial charge in [0.25, 0.3) is 0 Å². The summed E-state index contributed by atoms with van der Waals surface area (Å²) in [4.78, 5) is 7.14. The number of rotatable bonds is 12. The van der Waals surface area contributed by atoms with E-state index >= 15 is 0 Å². The zero-order valence-corrected chi connectivity index (χ0v) is 40.2. The molecule has 0 saturated heterocycles. The van der Waals surface area contributed by atoms with E-state index in [0.29, 0.717) is 0 Å². The summed E-state index contributed by atoms with van der Waals surface area (Å²) in [7, 11) is 0. The van der Waals surface area contributed by atoms with Gasteiger partial charge in [0.1, 0.15) is 11.2 Å². The Morgan fingerprint density at radius 3 is 1.18 bits per heavy atom. The van der Waals surface area contributed by atoms with Crippen LogP contribution in [0.3, 0.4) is 0 Å². The number of benzene rings is 11. The zero-order chi connectivity index (χ0) is 48.4. The lowest BCUT2D eigenvalue weighted by Gasteiger charge is -2.33. The van der Waals surface area contributed by atoms with Crippen LogP contribution >= 0.6 is 0 Å². The fourth-order valence-corrected chi connectivity index (χ4v) is 10.1. The van der Waals surface area contributed by atoms with Crippen molar-refractivity contribution in [1.29, 1.82) is 0 Å². The van der Waals surface area contributed by atoms with Crippen molar-refractivity contribution in [1.82, 2.24) is 0 Å². The summed E-state index contributed by atoms with van der Waals surface area (Å²) >= 11 is 0. The van der Waals surface area contributed by atoms with Crippen LogP contribution in [0.5, 0.6) is 0 Å². The van der Waals surface area contributed by atoms with E-state index < -0.39 is 0 Å². The van der Waals surface area contributed by atoms with E-state index in [9.17, 15) is 0 Å². The summed E-state index contributed by atoms with van der Waals surface area (Å²) in [6, 6.07) is 98.0. The molecule has 0 saturated carbocycles. The van der Waals surface area contributed by atoms with Crippen LogP contribution in [0.1, 0.15) is 11.1 Å². The monoisotopic (exact) mass is 925 g/mol. The largest absolute Gasteiger partial charge is 0.455 e. The number of para-hydroxylation sites is 4. The maximum atomic E-state index is 6.55. The number of aryl methyl sites for hydroxylation is 2. The van der Waals surface area contributed by atoms with Crippen molar-refractivity contribution in [3.8, 4) is 33.4 Å². The fraction of sp³-hybridized carbons (Fsp3) is 0.0294. The Hall–Kier alpha value is -9.38. The van der Waals surface area contributed by atoms with Crippen molar-refractivity contribution in [2.45, 2.75) is 13.8 Å². The highest BCUT2D eigenvalue weighted by atomic mass is 16.3. The molecule has 0 fully saturated rings. The molecule has 0 unspecified atom stereocenters. The highest BCUT2D eigenvalue weighted by Crippen LogP contribution is 2.47. The number of anilines is 9. The lowest BCUT2D eigenvalue weighted by Crippen LogP contribution is -2.16. The minimum Gasteiger partial charge on any atom is -0.455 e. The van der Waals surface area contributed by atoms with Gasteiger partial charge in [0, 0.05) is 50.5 Å². The molecule has 0 radical (unpaired) electrons. The van der Waals surface area contributed by atoms with Crippen LogP contribution in [0.25, 0.3) is 55.3 Å². The average Bonchev–Trinajstić information content (AvgIpc) is 3.82. The smallest absolute Gasteiger partial charge is 0.143 e. The third kappa shape index (κ3) is 8.67. The van der Waals surface area contributed by atoms with Gasteiger partial charge in [-0.2, -0.15) is 0 Å². The molecule has 0 bridgehead atoms. The molecule has 0 aliphatic carbocycles. The van der Waals surface area contributed by atoms with E-state index in [-0.39, 0.29) is 0 Å². The van der Waals surface area contributed by atoms with Gasteiger partial charge in [-0.25, -0.2) is 0 Å². The first kappa shape index (κ1) is 43.9. The molecule has 0 aliphatic rings. The third-order valence-electron chi connectivity index (χ3n) is 13.5. The molecule has 11 aromatic carbocycles. The molecule has 4 heteroatoms.